The Bertz CT molecular complexity index is 907. The van der Waals surface area contributed by atoms with E-state index in [1.165, 1.54) is 6.33 Å². The molecule has 27 heavy (non-hydrogen) atoms. The number of aromatic nitrogens is 3. The van der Waals surface area contributed by atoms with Gasteiger partial charge in [0.15, 0.2) is 11.5 Å². The first-order valence-electron chi connectivity index (χ1n) is 8.18. The fourth-order valence-corrected chi connectivity index (χ4v) is 3.28. The van der Waals surface area contributed by atoms with Gasteiger partial charge in [0, 0.05) is 26.6 Å². The average Bonchev–Trinajstić information content (AvgIpc) is 3.15. The Hall–Kier alpha value is -1.96. The highest BCUT2D eigenvalue weighted by molar-refractivity contribution is 9.10. The molecule has 2 N–H and O–H groups in total. The van der Waals surface area contributed by atoms with Gasteiger partial charge in [0.2, 0.25) is 5.95 Å². The Labute approximate surface area is 175 Å². The molecule has 9 heteroatoms. The summed E-state index contributed by atoms with van der Waals surface area (Å²) in [5.74, 6) is 1.87. The van der Waals surface area contributed by atoms with Crippen molar-refractivity contribution < 1.29 is 9.47 Å². The molecule has 3 aromatic rings. The van der Waals surface area contributed by atoms with E-state index in [1.807, 2.05) is 25.1 Å². The van der Waals surface area contributed by atoms with Gasteiger partial charge in [-0.25, -0.2) is 10.1 Å². The highest BCUT2D eigenvalue weighted by Crippen LogP contribution is 2.35. The molecule has 0 spiro atoms. The van der Waals surface area contributed by atoms with E-state index in [1.54, 1.807) is 12.1 Å². The zero-order chi connectivity index (χ0) is 19.2. The highest BCUT2D eigenvalue weighted by Gasteiger charge is 2.12. The summed E-state index contributed by atoms with van der Waals surface area (Å²) in [7, 11) is 0. The normalized spacial score (nSPS) is 10.7. The van der Waals surface area contributed by atoms with Gasteiger partial charge in [-0.2, -0.15) is 5.10 Å². The van der Waals surface area contributed by atoms with Crippen molar-refractivity contribution in [3.05, 3.63) is 62.3 Å². The van der Waals surface area contributed by atoms with Crippen LogP contribution in [0.15, 0.2) is 41.1 Å². The molecule has 0 radical (unpaired) electrons. The van der Waals surface area contributed by atoms with E-state index in [0.29, 0.717) is 47.3 Å². The van der Waals surface area contributed by atoms with Gasteiger partial charge in [-0.1, -0.05) is 45.2 Å². The number of H-pyrrole nitrogens is 1. The zero-order valence-electron chi connectivity index (χ0n) is 14.4. The van der Waals surface area contributed by atoms with Crippen molar-refractivity contribution in [1.29, 1.82) is 0 Å². The molecule has 3 rings (SSSR count). The van der Waals surface area contributed by atoms with Crippen LogP contribution < -0.4 is 14.8 Å². The summed E-state index contributed by atoms with van der Waals surface area (Å²) in [6, 6.07) is 9.13. The molecule has 0 saturated carbocycles. The molecule has 0 aliphatic carbocycles. The fourth-order valence-electron chi connectivity index (χ4n) is 2.36. The first kappa shape index (κ1) is 19.8. The minimum atomic E-state index is 0.304. The molecular formula is C18H17BrCl2N4O2. The molecule has 0 aliphatic rings. The third-order valence-corrected chi connectivity index (χ3v) is 5.00. The lowest BCUT2D eigenvalue weighted by Crippen LogP contribution is -2.05. The minimum Gasteiger partial charge on any atom is -0.490 e. The van der Waals surface area contributed by atoms with Crippen molar-refractivity contribution in [2.75, 3.05) is 11.9 Å². The second-order valence-electron chi connectivity index (χ2n) is 5.54. The number of benzene rings is 2. The summed E-state index contributed by atoms with van der Waals surface area (Å²) in [6.45, 7) is 3.29. The van der Waals surface area contributed by atoms with Crippen molar-refractivity contribution >= 4 is 45.1 Å². The predicted molar refractivity (Wildman–Crippen MR) is 110 cm³/mol. The highest BCUT2D eigenvalue weighted by atomic mass is 79.9. The first-order chi connectivity index (χ1) is 13.1. The summed E-state index contributed by atoms with van der Waals surface area (Å²) < 4.78 is 12.6. The van der Waals surface area contributed by atoms with Crippen molar-refractivity contribution in [1.82, 2.24) is 15.2 Å². The Balaban J connectivity index is 1.76. The number of ether oxygens (including phenoxy) is 2. The van der Waals surface area contributed by atoms with E-state index in [9.17, 15) is 0 Å². The van der Waals surface area contributed by atoms with Crippen LogP contribution in [0.3, 0.4) is 0 Å². The van der Waals surface area contributed by atoms with E-state index in [2.05, 4.69) is 36.4 Å². The number of anilines is 1. The number of hydrogen-bond donors (Lipinski definition) is 2. The van der Waals surface area contributed by atoms with Crippen molar-refractivity contribution in [3.8, 4) is 11.5 Å². The monoisotopic (exact) mass is 470 g/mol. The van der Waals surface area contributed by atoms with Crippen LogP contribution in [-0.4, -0.2) is 21.8 Å². The average molecular weight is 472 g/mol. The Morgan fingerprint density at radius 1 is 1.11 bits per heavy atom. The van der Waals surface area contributed by atoms with E-state index >= 15 is 0 Å². The molecule has 0 atom stereocenters. The Morgan fingerprint density at radius 3 is 2.63 bits per heavy atom. The summed E-state index contributed by atoms with van der Waals surface area (Å²) in [5.41, 5.74) is 1.84. The summed E-state index contributed by atoms with van der Waals surface area (Å²) in [6.07, 6.45) is 1.45. The maximum atomic E-state index is 6.22. The van der Waals surface area contributed by atoms with Gasteiger partial charge in [0.25, 0.3) is 0 Å². The topological polar surface area (TPSA) is 72.1 Å². The lowest BCUT2D eigenvalue weighted by atomic mass is 10.2. The van der Waals surface area contributed by atoms with Gasteiger partial charge < -0.3 is 14.8 Å². The standard InChI is InChI=1S/C18H17BrCl2N4O2/c1-2-26-16-5-12(8-22-18-23-10-24-25-18)14(19)7-17(16)27-9-11-3-4-13(20)6-15(11)21/h3-7,10H,2,8-9H2,1H3,(H2,22,23,24,25). The number of nitrogens with zero attached hydrogens (tertiary/aromatic N) is 2. The molecule has 142 valence electrons. The molecule has 0 saturated heterocycles. The van der Waals surface area contributed by atoms with Gasteiger partial charge >= 0.3 is 0 Å². The van der Waals surface area contributed by atoms with Crippen LogP contribution in [0.4, 0.5) is 5.95 Å². The molecule has 0 amide bonds. The van der Waals surface area contributed by atoms with Gasteiger partial charge in [0.05, 0.1) is 6.61 Å². The quantitative estimate of drug-likeness (QED) is 0.456. The number of nitrogens with one attached hydrogen (secondary N) is 2. The molecular weight excluding hydrogens is 455 g/mol. The van der Waals surface area contributed by atoms with Gasteiger partial charge in [-0.05, 0) is 36.8 Å². The van der Waals surface area contributed by atoms with Crippen molar-refractivity contribution in [2.24, 2.45) is 0 Å². The minimum absolute atomic E-state index is 0.304. The molecule has 1 aromatic heterocycles. The van der Waals surface area contributed by atoms with Crippen molar-refractivity contribution in [3.63, 3.8) is 0 Å². The molecule has 0 fully saturated rings. The predicted octanol–water partition coefficient (Wildman–Crippen LogP) is 5.46. The smallest absolute Gasteiger partial charge is 0.218 e. The number of halogens is 3. The van der Waals surface area contributed by atoms with Crippen LogP contribution in [0.2, 0.25) is 10.0 Å². The Kier molecular flexibility index (Phi) is 6.82. The summed E-state index contributed by atoms with van der Waals surface area (Å²) >= 11 is 15.7. The van der Waals surface area contributed by atoms with E-state index in [-0.39, 0.29) is 0 Å². The first-order valence-corrected chi connectivity index (χ1v) is 9.73. The maximum Gasteiger partial charge on any atom is 0.218 e. The maximum absolute atomic E-state index is 6.22. The molecule has 6 nitrogen and oxygen atoms in total. The summed E-state index contributed by atoms with van der Waals surface area (Å²) in [5, 5.41) is 10.9. The van der Waals surface area contributed by atoms with Gasteiger partial charge in [0.1, 0.15) is 12.9 Å². The second-order valence-corrected chi connectivity index (χ2v) is 7.23. The van der Waals surface area contributed by atoms with Crippen LogP contribution in [0.25, 0.3) is 0 Å². The van der Waals surface area contributed by atoms with Gasteiger partial charge in [-0.15, -0.1) is 0 Å². The number of hydrogen-bond acceptors (Lipinski definition) is 5. The number of rotatable bonds is 8. The van der Waals surface area contributed by atoms with Crippen LogP contribution in [0.1, 0.15) is 18.1 Å². The largest absolute Gasteiger partial charge is 0.490 e. The van der Waals surface area contributed by atoms with E-state index < -0.39 is 0 Å². The summed E-state index contributed by atoms with van der Waals surface area (Å²) in [4.78, 5) is 4.04. The Morgan fingerprint density at radius 2 is 1.93 bits per heavy atom. The van der Waals surface area contributed by atoms with Gasteiger partial charge in [-0.3, -0.25) is 0 Å². The molecule has 0 bridgehead atoms. The SMILES string of the molecule is CCOc1cc(CNc2ncn[nH]2)c(Br)cc1OCc1ccc(Cl)cc1Cl. The van der Waals surface area contributed by atoms with Crippen LogP contribution in [0, 0.1) is 0 Å². The van der Waals surface area contributed by atoms with Crippen LogP contribution in [-0.2, 0) is 13.2 Å². The molecule has 0 aliphatic heterocycles. The van der Waals surface area contributed by atoms with E-state index in [0.717, 1.165) is 15.6 Å². The van der Waals surface area contributed by atoms with Crippen LogP contribution >= 0.6 is 39.1 Å². The third kappa shape index (κ3) is 5.28. The second kappa shape index (κ2) is 9.30. The lowest BCUT2D eigenvalue weighted by Gasteiger charge is -2.16. The number of aromatic amines is 1. The zero-order valence-corrected chi connectivity index (χ0v) is 17.5. The lowest BCUT2D eigenvalue weighted by molar-refractivity contribution is 0.269. The van der Waals surface area contributed by atoms with Crippen LogP contribution in [0.5, 0.6) is 11.5 Å². The van der Waals surface area contributed by atoms with E-state index in [4.69, 9.17) is 32.7 Å². The van der Waals surface area contributed by atoms with Crippen molar-refractivity contribution in [2.45, 2.75) is 20.1 Å². The fraction of sp³-hybridized carbons (Fsp3) is 0.222. The molecule has 2 aromatic carbocycles. The molecule has 1 heterocycles. The third-order valence-electron chi connectivity index (χ3n) is 3.67. The molecule has 0 unspecified atom stereocenters.